The maximum Gasteiger partial charge on any atom is 0.304 e. The maximum absolute atomic E-state index is 11.3. The van der Waals surface area contributed by atoms with Crippen LogP contribution in [0.4, 0.5) is 0 Å². The van der Waals surface area contributed by atoms with Gasteiger partial charge in [-0.15, -0.1) is 23.2 Å². The number of halogens is 6. The van der Waals surface area contributed by atoms with Crippen LogP contribution in [0.1, 0.15) is 0 Å². The van der Waals surface area contributed by atoms with Crippen molar-refractivity contribution >= 4 is 81.0 Å². The largest absolute Gasteiger partial charge is 0.304 e. The third-order valence-corrected chi connectivity index (χ3v) is 8.95. The summed E-state index contributed by atoms with van der Waals surface area (Å²) >= 11 is 36.4. The van der Waals surface area contributed by atoms with Crippen molar-refractivity contribution in [1.29, 1.82) is 0 Å². The summed E-state index contributed by atoms with van der Waals surface area (Å²) < 4.78 is 19.7. The average Bonchev–Trinajstić information content (AvgIpc) is 2.54. The van der Waals surface area contributed by atoms with Gasteiger partial charge >= 0.3 is 11.4 Å². The summed E-state index contributed by atoms with van der Waals surface area (Å²) in [4.78, 5) is -2.78. The summed E-state index contributed by atoms with van der Waals surface area (Å²) in [7, 11) is 0. The van der Waals surface area contributed by atoms with Crippen LogP contribution in [0.15, 0.2) is 10.1 Å². The van der Waals surface area contributed by atoms with Gasteiger partial charge in [0.1, 0.15) is 9.75 Å². The van der Waals surface area contributed by atoms with E-state index in [1.165, 1.54) is 0 Å². The molecule has 0 aromatic carbocycles. The summed E-state index contributed by atoms with van der Waals surface area (Å²) in [5, 5.41) is 0.210. The van der Waals surface area contributed by atoms with Crippen molar-refractivity contribution in [3.63, 3.8) is 0 Å². The van der Waals surface area contributed by atoms with Crippen molar-refractivity contribution in [2.75, 3.05) is 13.2 Å². The van der Waals surface area contributed by atoms with E-state index < -0.39 is 37.3 Å². The molecular weight excluding hydrogens is 466 g/mol. The number of alkyl halides is 4. The van der Waals surface area contributed by atoms with Gasteiger partial charge in [-0.3, -0.25) is 8.37 Å². The molecule has 1 aliphatic heterocycles. The minimum absolute atomic E-state index is 0. The van der Waals surface area contributed by atoms with Gasteiger partial charge in [-0.1, -0.05) is 46.4 Å². The van der Waals surface area contributed by atoms with Gasteiger partial charge in [0.25, 0.3) is 0 Å². The second-order valence-electron chi connectivity index (χ2n) is 4.61. The van der Waals surface area contributed by atoms with E-state index in [0.29, 0.717) is 0 Å². The summed E-state index contributed by atoms with van der Waals surface area (Å²) in [5.74, 6) is -0.911. The van der Waals surface area contributed by atoms with Gasteiger partial charge in [0.15, 0.2) is 4.33 Å². The zero-order valence-corrected chi connectivity index (χ0v) is 18.0. The standard InChI is InChI=1S/C9H6Cl6O3S.Zn/c10-5-6(11)8(13)4-2-18-19(16)17-1-3(4)7(5,12)9(8,14)15;/h3-4H,1-2H2;. The van der Waals surface area contributed by atoms with Crippen molar-refractivity contribution in [3.8, 4) is 0 Å². The SMILES string of the molecule is O=S1OCC2C(CO1)C1(Cl)C(Cl)=C(Cl)C2(Cl)C1(Cl)Cl.[Zn]. The third-order valence-electron chi connectivity index (χ3n) is 3.94. The van der Waals surface area contributed by atoms with Gasteiger partial charge < -0.3 is 0 Å². The number of allylic oxidation sites excluding steroid dienone is 2. The fourth-order valence-electron chi connectivity index (χ4n) is 2.96. The van der Waals surface area contributed by atoms with Crippen LogP contribution >= 0.6 is 69.6 Å². The van der Waals surface area contributed by atoms with Crippen LogP contribution < -0.4 is 0 Å². The summed E-state index contributed by atoms with van der Waals surface area (Å²) in [6, 6.07) is 0. The van der Waals surface area contributed by atoms with Crippen molar-refractivity contribution < 1.29 is 32.1 Å². The van der Waals surface area contributed by atoms with Crippen molar-refractivity contribution in [2.45, 2.75) is 14.1 Å². The molecule has 0 N–H and O–H groups in total. The van der Waals surface area contributed by atoms with Crippen molar-refractivity contribution in [3.05, 3.63) is 10.1 Å². The molecule has 3 rings (SSSR count). The molecule has 1 saturated carbocycles. The Morgan fingerprint density at radius 2 is 1.30 bits per heavy atom. The number of fused-ring (bicyclic) bond motifs is 5. The zero-order chi connectivity index (χ0) is 14.2. The smallest absolute Gasteiger partial charge is 0.268 e. The molecule has 2 fully saturated rings. The van der Waals surface area contributed by atoms with Gasteiger partial charge in [0.2, 0.25) is 0 Å². The zero-order valence-electron chi connectivity index (χ0n) is 9.68. The Hall–Kier alpha value is 2.17. The van der Waals surface area contributed by atoms with E-state index in [9.17, 15) is 4.21 Å². The van der Waals surface area contributed by atoms with Crippen LogP contribution in [0.2, 0.25) is 0 Å². The van der Waals surface area contributed by atoms with Gasteiger partial charge in [-0.05, 0) is 0 Å². The Morgan fingerprint density at radius 3 is 1.65 bits per heavy atom. The second kappa shape index (κ2) is 5.62. The first-order valence-corrected chi connectivity index (χ1v) is 8.46. The number of hydrogen-bond acceptors (Lipinski definition) is 3. The van der Waals surface area contributed by atoms with Crippen molar-refractivity contribution in [2.24, 2.45) is 11.8 Å². The molecule has 2 aliphatic carbocycles. The minimum atomic E-state index is -1.86. The Balaban J connectivity index is 0.00000147. The molecule has 0 amide bonds. The summed E-state index contributed by atoms with van der Waals surface area (Å²) in [6.45, 7) is 0.0215. The Labute approximate surface area is 161 Å². The van der Waals surface area contributed by atoms with Crippen LogP contribution in [0.25, 0.3) is 0 Å². The van der Waals surface area contributed by atoms with Crippen LogP contribution in [0, 0.1) is 11.8 Å². The monoisotopic (exact) mass is 468 g/mol. The fourth-order valence-corrected chi connectivity index (χ4v) is 6.60. The topological polar surface area (TPSA) is 35.5 Å². The van der Waals surface area contributed by atoms with E-state index in [0.717, 1.165) is 0 Å². The predicted molar refractivity (Wildman–Crippen MR) is 77.4 cm³/mol. The summed E-state index contributed by atoms with van der Waals surface area (Å²) in [6.07, 6.45) is 0. The number of hydrogen-bond donors (Lipinski definition) is 0. The molecule has 11 heteroatoms. The third kappa shape index (κ3) is 1.92. The minimum Gasteiger partial charge on any atom is -0.268 e. The quantitative estimate of drug-likeness (QED) is 0.399. The maximum atomic E-state index is 11.3. The van der Waals surface area contributed by atoms with Crippen LogP contribution in [0.3, 0.4) is 0 Å². The van der Waals surface area contributed by atoms with E-state index in [2.05, 4.69) is 0 Å². The molecule has 2 bridgehead atoms. The molecule has 0 radical (unpaired) electrons. The molecule has 4 atom stereocenters. The summed E-state index contributed by atoms with van der Waals surface area (Å²) in [5.41, 5.74) is 0. The predicted octanol–water partition coefficient (Wildman–Crippen LogP) is 3.69. The van der Waals surface area contributed by atoms with E-state index in [4.69, 9.17) is 78.0 Å². The molecule has 0 aromatic heterocycles. The average molecular weight is 472 g/mol. The molecule has 1 saturated heterocycles. The molecule has 110 valence electrons. The van der Waals surface area contributed by atoms with Gasteiger partial charge in [0, 0.05) is 31.3 Å². The second-order valence-corrected chi connectivity index (χ2v) is 8.77. The van der Waals surface area contributed by atoms with E-state index >= 15 is 0 Å². The molecule has 3 nitrogen and oxygen atoms in total. The molecule has 20 heavy (non-hydrogen) atoms. The Morgan fingerprint density at radius 1 is 0.950 bits per heavy atom. The van der Waals surface area contributed by atoms with E-state index in [-0.39, 0.29) is 42.8 Å². The molecule has 1 heterocycles. The molecule has 4 unspecified atom stereocenters. The normalized spacial score (nSPS) is 49.6. The van der Waals surface area contributed by atoms with Crippen LogP contribution in [-0.2, 0) is 39.2 Å². The first-order chi connectivity index (χ1) is 8.69. The van der Waals surface area contributed by atoms with Gasteiger partial charge in [-0.25, -0.2) is 0 Å². The fraction of sp³-hybridized carbons (Fsp3) is 0.778. The Bertz CT molecular complexity index is 476. The Kier molecular flexibility index (Phi) is 5.20. The van der Waals surface area contributed by atoms with Gasteiger partial charge in [0.05, 0.1) is 23.3 Å². The molecular formula is C9H6Cl6O3SZn. The number of rotatable bonds is 0. The van der Waals surface area contributed by atoms with Gasteiger partial charge in [-0.2, -0.15) is 4.21 Å². The van der Waals surface area contributed by atoms with E-state index in [1.807, 2.05) is 0 Å². The first-order valence-electron chi connectivity index (χ1n) is 5.19. The molecule has 3 aliphatic rings. The van der Waals surface area contributed by atoms with Crippen LogP contribution in [-0.4, -0.2) is 31.5 Å². The van der Waals surface area contributed by atoms with Crippen LogP contribution in [0.5, 0.6) is 0 Å². The van der Waals surface area contributed by atoms with E-state index in [1.54, 1.807) is 0 Å². The van der Waals surface area contributed by atoms with Crippen molar-refractivity contribution in [1.82, 2.24) is 0 Å². The molecule has 0 spiro atoms. The first kappa shape index (κ1) is 18.5. The molecule has 0 aromatic rings.